The minimum Gasteiger partial charge on any atom is -0.312 e. The van der Waals surface area contributed by atoms with Crippen molar-refractivity contribution in [3.8, 4) is 11.1 Å². The van der Waals surface area contributed by atoms with Gasteiger partial charge in [0.1, 0.15) is 0 Å². The largest absolute Gasteiger partial charge is 0.312 e. The van der Waals surface area contributed by atoms with Crippen LogP contribution in [-0.2, 0) is 0 Å². The third kappa shape index (κ3) is 4.54. The van der Waals surface area contributed by atoms with E-state index in [0.29, 0.717) is 0 Å². The molecule has 6 aromatic rings. The average molecular weight is 646 g/mol. The van der Waals surface area contributed by atoms with Gasteiger partial charge in [-0.25, -0.2) is 0 Å². The van der Waals surface area contributed by atoms with Crippen LogP contribution in [0.3, 0.4) is 0 Å². The summed E-state index contributed by atoms with van der Waals surface area (Å²) in [4.78, 5) is 0. The molecule has 0 saturated carbocycles. The first kappa shape index (κ1) is 31.1. The van der Waals surface area contributed by atoms with E-state index in [4.69, 9.17) is 12.0 Å². The van der Waals surface area contributed by atoms with Crippen LogP contribution >= 0.6 is 0 Å². The predicted molar refractivity (Wildman–Crippen MR) is 217 cm³/mol. The van der Waals surface area contributed by atoms with E-state index in [9.17, 15) is 0 Å². The molecule has 0 saturated heterocycles. The standard InChI is InChI=1S/C47H39N3/c1-6-14-33(15-7-2)49-42(9-4)36(16-8-3)39-27-31(21-24-45(39)49)32-22-25-46-40(28-32)37-19-12-13-20-44(37)50(46)43-26-23-38-34-17-10-11-18-35(34)41(29-48)47(38)30(43)5/h6-29,41,47-48H,1,4-5H2,2-3H3/b15-7-,16-8-,33-14+,48-29?. The van der Waals surface area contributed by atoms with Gasteiger partial charge in [-0.05, 0) is 102 Å². The number of fused-ring (bicyclic) bond motifs is 7. The van der Waals surface area contributed by atoms with Gasteiger partial charge < -0.3 is 14.5 Å². The Labute approximate surface area is 293 Å². The van der Waals surface area contributed by atoms with E-state index in [1.165, 1.54) is 32.9 Å². The molecule has 2 atom stereocenters. The molecule has 3 heteroatoms. The average Bonchev–Trinajstić information content (AvgIpc) is 3.77. The summed E-state index contributed by atoms with van der Waals surface area (Å²) in [7, 11) is 0. The van der Waals surface area contributed by atoms with Crippen LogP contribution in [0.25, 0.3) is 73.0 Å². The van der Waals surface area contributed by atoms with E-state index in [1.807, 2.05) is 25.2 Å². The molecule has 0 radical (unpaired) electrons. The van der Waals surface area contributed by atoms with Gasteiger partial charge in [0, 0.05) is 51.2 Å². The van der Waals surface area contributed by atoms with Crippen molar-refractivity contribution < 1.29 is 0 Å². The number of hydrogen-bond acceptors (Lipinski definition) is 1. The second-order valence-electron chi connectivity index (χ2n) is 12.9. The molecule has 2 unspecified atom stereocenters. The molecule has 4 aromatic carbocycles. The van der Waals surface area contributed by atoms with Crippen LogP contribution in [0.4, 0.5) is 0 Å². The van der Waals surface area contributed by atoms with E-state index in [-0.39, 0.29) is 11.8 Å². The lowest BCUT2D eigenvalue weighted by atomic mass is 9.81. The maximum absolute atomic E-state index is 8.38. The number of rotatable bonds is 8. The maximum atomic E-state index is 8.38. The van der Waals surface area contributed by atoms with E-state index in [1.54, 1.807) is 6.21 Å². The van der Waals surface area contributed by atoms with Gasteiger partial charge in [-0.2, -0.15) is 0 Å². The smallest absolute Gasteiger partial charge is 0.0541 e. The van der Waals surface area contributed by atoms with E-state index in [0.717, 1.165) is 55.9 Å². The second-order valence-corrected chi connectivity index (χ2v) is 12.9. The number of hydrogen-bond donors (Lipinski definition) is 1. The summed E-state index contributed by atoms with van der Waals surface area (Å²) in [6, 6.07) is 30.7. The van der Waals surface area contributed by atoms with Crippen molar-refractivity contribution in [2.24, 2.45) is 5.92 Å². The molecule has 2 aliphatic rings. The zero-order chi connectivity index (χ0) is 34.5. The Morgan fingerprint density at radius 2 is 1.50 bits per heavy atom. The fraction of sp³-hybridized carbons (Fsp3) is 0.0851. The fourth-order valence-corrected chi connectivity index (χ4v) is 8.27. The first-order chi connectivity index (χ1) is 24.5. The van der Waals surface area contributed by atoms with Gasteiger partial charge in [-0.3, -0.25) is 0 Å². The number of benzene rings is 4. The van der Waals surface area contributed by atoms with E-state index >= 15 is 0 Å². The Morgan fingerprint density at radius 3 is 2.24 bits per heavy atom. The van der Waals surface area contributed by atoms with Crippen LogP contribution in [0.2, 0.25) is 0 Å². The van der Waals surface area contributed by atoms with Crippen LogP contribution in [0.15, 0.2) is 153 Å². The number of allylic oxidation sites excluding steroid dienone is 11. The molecule has 0 spiro atoms. The van der Waals surface area contributed by atoms with Crippen molar-refractivity contribution in [3.05, 3.63) is 175 Å². The zero-order valence-corrected chi connectivity index (χ0v) is 28.5. The van der Waals surface area contributed by atoms with Gasteiger partial charge in [-0.1, -0.05) is 105 Å². The molecular weight excluding hydrogens is 607 g/mol. The van der Waals surface area contributed by atoms with Gasteiger partial charge in [0.25, 0.3) is 0 Å². The number of nitrogens with zero attached hydrogens (tertiary/aromatic N) is 2. The topological polar surface area (TPSA) is 33.7 Å². The van der Waals surface area contributed by atoms with Gasteiger partial charge in [0.15, 0.2) is 0 Å². The van der Waals surface area contributed by atoms with Gasteiger partial charge in [-0.15, -0.1) is 0 Å². The molecule has 1 N–H and O–H groups in total. The molecule has 2 aliphatic carbocycles. The summed E-state index contributed by atoms with van der Waals surface area (Å²) >= 11 is 0. The maximum Gasteiger partial charge on any atom is 0.0541 e. The van der Waals surface area contributed by atoms with Crippen molar-refractivity contribution in [1.29, 1.82) is 5.41 Å². The van der Waals surface area contributed by atoms with Gasteiger partial charge >= 0.3 is 0 Å². The lowest BCUT2D eigenvalue weighted by Gasteiger charge is -2.27. The summed E-state index contributed by atoms with van der Waals surface area (Å²) in [6.07, 6.45) is 20.3. The monoisotopic (exact) mass is 645 g/mol. The third-order valence-corrected chi connectivity index (χ3v) is 10.3. The highest BCUT2D eigenvalue weighted by Gasteiger charge is 2.39. The molecule has 0 fully saturated rings. The highest BCUT2D eigenvalue weighted by atomic mass is 15.0. The van der Waals surface area contributed by atoms with Gasteiger partial charge in [0.05, 0.1) is 22.2 Å². The van der Waals surface area contributed by atoms with Crippen molar-refractivity contribution in [2.75, 3.05) is 0 Å². The van der Waals surface area contributed by atoms with Crippen LogP contribution in [0.1, 0.15) is 42.1 Å². The quantitative estimate of drug-likeness (QED) is 0.126. The fourth-order valence-electron chi connectivity index (χ4n) is 8.27. The van der Waals surface area contributed by atoms with Crippen LogP contribution in [0, 0.1) is 11.3 Å². The molecule has 0 amide bonds. The molecule has 0 bridgehead atoms. The zero-order valence-electron chi connectivity index (χ0n) is 28.5. The molecule has 2 aromatic heterocycles. The minimum atomic E-state index is -0.0199. The number of para-hydroxylation sites is 1. The summed E-state index contributed by atoms with van der Waals surface area (Å²) < 4.78 is 4.63. The number of aromatic nitrogens is 2. The van der Waals surface area contributed by atoms with Crippen molar-refractivity contribution in [3.63, 3.8) is 0 Å². The first-order valence-electron chi connectivity index (χ1n) is 17.2. The van der Waals surface area contributed by atoms with Crippen LogP contribution in [-0.4, -0.2) is 15.3 Å². The van der Waals surface area contributed by atoms with Gasteiger partial charge in [0.2, 0.25) is 0 Å². The van der Waals surface area contributed by atoms with Crippen molar-refractivity contribution in [2.45, 2.75) is 19.8 Å². The van der Waals surface area contributed by atoms with Crippen molar-refractivity contribution >= 4 is 68.0 Å². The molecule has 2 heterocycles. The Balaban J connectivity index is 1.30. The Bertz CT molecular complexity index is 2590. The highest BCUT2D eigenvalue weighted by Crippen LogP contribution is 2.53. The molecule has 3 nitrogen and oxygen atoms in total. The Hall–Kier alpha value is -6.19. The minimum absolute atomic E-state index is 0.0199. The second kappa shape index (κ2) is 12.4. The van der Waals surface area contributed by atoms with Crippen LogP contribution < -0.4 is 0 Å². The normalized spacial score (nSPS) is 17.5. The van der Waals surface area contributed by atoms with E-state index in [2.05, 4.69) is 151 Å². The van der Waals surface area contributed by atoms with E-state index < -0.39 is 0 Å². The van der Waals surface area contributed by atoms with Crippen molar-refractivity contribution in [1.82, 2.24) is 9.13 Å². The summed E-state index contributed by atoms with van der Waals surface area (Å²) in [6.45, 7) is 17.0. The molecular formula is C47H39N3. The van der Waals surface area contributed by atoms with Crippen LogP contribution in [0.5, 0.6) is 0 Å². The molecule has 50 heavy (non-hydrogen) atoms. The molecule has 242 valence electrons. The number of nitrogens with one attached hydrogen (secondary N) is 1. The first-order valence-corrected chi connectivity index (χ1v) is 17.2. The Kier molecular flexibility index (Phi) is 7.69. The highest BCUT2D eigenvalue weighted by molar-refractivity contribution is 6.13. The lowest BCUT2D eigenvalue weighted by molar-refractivity contribution is 0.772. The molecule has 0 aliphatic heterocycles. The SMILES string of the molecule is C=C/C=C(\C=C/C)n1c(C=C)c(/C=C\C)c2cc(-c3ccc4c(c3)c3ccccc3n4C3=CC=C4c5ccccc5C(C=N)C4C3=C)ccc21. The molecule has 8 rings (SSSR count). The lowest BCUT2D eigenvalue weighted by Crippen LogP contribution is -2.16. The summed E-state index contributed by atoms with van der Waals surface area (Å²) in [5.74, 6) is 0.0226. The third-order valence-electron chi connectivity index (χ3n) is 10.3. The predicted octanol–water partition coefficient (Wildman–Crippen LogP) is 12.6. The Morgan fingerprint density at radius 1 is 0.780 bits per heavy atom. The summed E-state index contributed by atoms with van der Waals surface area (Å²) in [5, 5.41) is 11.9. The summed E-state index contributed by atoms with van der Waals surface area (Å²) in [5.41, 5.74) is 14.8.